The molecule has 0 fully saturated rings. The molecule has 0 radical (unpaired) electrons. The summed E-state index contributed by atoms with van der Waals surface area (Å²) in [6.45, 7) is 0. The van der Waals surface area contributed by atoms with Crippen LogP contribution in [0.15, 0.2) is 69.0 Å². The fourth-order valence-corrected chi connectivity index (χ4v) is 2.41. The number of nitrogens with one attached hydrogen (secondary N) is 2. The number of benzene rings is 2. The lowest BCUT2D eigenvalue weighted by molar-refractivity contribution is 1.12. The number of nitrogens with zero attached hydrogens (tertiary/aromatic N) is 2. The van der Waals surface area contributed by atoms with Crippen molar-refractivity contribution in [1.82, 2.24) is 9.97 Å². The predicted molar refractivity (Wildman–Crippen MR) is 97.8 cm³/mol. The van der Waals surface area contributed by atoms with Crippen LogP contribution < -0.4 is 11.0 Å². The summed E-state index contributed by atoms with van der Waals surface area (Å²) in [7, 11) is 0. The minimum Gasteiger partial charge on any atom is -0.291 e. The SMILES string of the molecule is O=c1[nH]c(N/N=C/C(Br)=C/c2ccccc2)nc2ccccc12. The van der Waals surface area contributed by atoms with Gasteiger partial charge < -0.3 is 0 Å². The first-order chi connectivity index (χ1) is 11.2. The highest BCUT2D eigenvalue weighted by Crippen LogP contribution is 2.11. The molecule has 0 spiro atoms. The largest absolute Gasteiger partial charge is 0.291 e. The molecule has 3 rings (SSSR count). The van der Waals surface area contributed by atoms with E-state index in [1.54, 1.807) is 24.4 Å². The van der Waals surface area contributed by atoms with Gasteiger partial charge in [0.1, 0.15) is 0 Å². The summed E-state index contributed by atoms with van der Waals surface area (Å²) in [6, 6.07) is 17.0. The van der Waals surface area contributed by atoms with Crippen LogP contribution in [-0.2, 0) is 0 Å². The molecule has 2 aromatic carbocycles. The molecule has 23 heavy (non-hydrogen) atoms. The number of allylic oxidation sites excluding steroid dienone is 1. The van der Waals surface area contributed by atoms with Crippen LogP contribution in [0.1, 0.15) is 5.56 Å². The standard InChI is InChI=1S/C17H13BrN4O/c18-13(10-12-6-2-1-3-7-12)11-19-22-17-20-15-9-5-4-8-14(15)16(23)21-17/h1-11H,(H2,20,21,22,23)/b13-10-,19-11+. The molecule has 0 aliphatic rings. The molecule has 0 saturated heterocycles. The minimum atomic E-state index is -0.202. The molecule has 0 saturated carbocycles. The Labute approximate surface area is 140 Å². The van der Waals surface area contributed by atoms with E-state index in [0.29, 0.717) is 16.9 Å². The summed E-state index contributed by atoms with van der Waals surface area (Å²) >= 11 is 3.42. The zero-order chi connectivity index (χ0) is 16.1. The van der Waals surface area contributed by atoms with Gasteiger partial charge in [-0.25, -0.2) is 10.4 Å². The molecule has 0 aliphatic heterocycles. The maximum atomic E-state index is 11.9. The summed E-state index contributed by atoms with van der Waals surface area (Å²) in [5, 5.41) is 4.61. The maximum Gasteiger partial charge on any atom is 0.260 e. The molecule has 0 atom stereocenters. The zero-order valence-corrected chi connectivity index (χ0v) is 13.6. The highest BCUT2D eigenvalue weighted by Gasteiger charge is 2.01. The Morgan fingerprint density at radius 1 is 1.13 bits per heavy atom. The fraction of sp³-hybridized carbons (Fsp3) is 0. The van der Waals surface area contributed by atoms with Crippen LogP contribution in [0.4, 0.5) is 5.95 Å². The van der Waals surface area contributed by atoms with Gasteiger partial charge in [0, 0.05) is 4.48 Å². The molecule has 0 unspecified atom stereocenters. The van der Waals surface area contributed by atoms with E-state index in [4.69, 9.17) is 0 Å². The number of anilines is 1. The van der Waals surface area contributed by atoms with E-state index in [0.717, 1.165) is 10.0 Å². The van der Waals surface area contributed by atoms with Crippen molar-refractivity contribution in [3.63, 3.8) is 0 Å². The molecular weight excluding hydrogens is 356 g/mol. The molecule has 0 amide bonds. The van der Waals surface area contributed by atoms with Gasteiger partial charge in [0.2, 0.25) is 5.95 Å². The molecule has 5 nitrogen and oxygen atoms in total. The van der Waals surface area contributed by atoms with Crippen molar-refractivity contribution in [3.8, 4) is 0 Å². The van der Waals surface area contributed by atoms with Crippen molar-refractivity contribution >= 4 is 45.1 Å². The van der Waals surface area contributed by atoms with Gasteiger partial charge in [-0.3, -0.25) is 9.78 Å². The number of aromatic amines is 1. The van der Waals surface area contributed by atoms with E-state index in [1.165, 1.54) is 0 Å². The van der Waals surface area contributed by atoms with Crippen LogP contribution in [0.5, 0.6) is 0 Å². The number of hydrazone groups is 1. The van der Waals surface area contributed by atoms with E-state index in [1.807, 2.05) is 42.5 Å². The zero-order valence-electron chi connectivity index (χ0n) is 12.0. The number of para-hydroxylation sites is 1. The Balaban J connectivity index is 1.75. The monoisotopic (exact) mass is 368 g/mol. The Hall–Kier alpha value is -2.73. The fourth-order valence-electron chi connectivity index (χ4n) is 2.04. The second-order valence-corrected chi connectivity index (χ2v) is 5.66. The molecule has 2 N–H and O–H groups in total. The highest BCUT2D eigenvalue weighted by molar-refractivity contribution is 9.12. The van der Waals surface area contributed by atoms with Crippen LogP contribution in [0.3, 0.4) is 0 Å². The van der Waals surface area contributed by atoms with Gasteiger partial charge in [0.15, 0.2) is 0 Å². The Bertz CT molecular complexity index is 932. The summed E-state index contributed by atoms with van der Waals surface area (Å²) in [5.74, 6) is 0.296. The smallest absolute Gasteiger partial charge is 0.260 e. The quantitative estimate of drug-likeness (QED) is 0.544. The Morgan fingerprint density at radius 3 is 2.70 bits per heavy atom. The van der Waals surface area contributed by atoms with Crippen molar-refractivity contribution in [1.29, 1.82) is 0 Å². The molecule has 1 aromatic heterocycles. The molecule has 0 bridgehead atoms. The summed E-state index contributed by atoms with van der Waals surface area (Å²) in [5.41, 5.74) is 4.20. The Morgan fingerprint density at radius 2 is 1.87 bits per heavy atom. The van der Waals surface area contributed by atoms with Crippen LogP contribution in [0, 0.1) is 0 Å². The van der Waals surface area contributed by atoms with E-state index in [2.05, 4.69) is 36.4 Å². The third-order valence-corrected chi connectivity index (χ3v) is 3.51. The lowest BCUT2D eigenvalue weighted by atomic mass is 10.2. The van der Waals surface area contributed by atoms with E-state index in [-0.39, 0.29) is 5.56 Å². The summed E-state index contributed by atoms with van der Waals surface area (Å²) in [6.07, 6.45) is 3.53. The number of rotatable bonds is 4. The number of hydrogen-bond donors (Lipinski definition) is 2. The number of H-pyrrole nitrogens is 1. The minimum absolute atomic E-state index is 0.202. The normalized spacial score (nSPS) is 12.0. The van der Waals surface area contributed by atoms with Gasteiger partial charge in [-0.05, 0) is 39.7 Å². The van der Waals surface area contributed by atoms with Crippen molar-refractivity contribution in [2.24, 2.45) is 5.10 Å². The molecule has 114 valence electrons. The topological polar surface area (TPSA) is 70.1 Å². The average molecular weight is 369 g/mol. The third kappa shape index (κ3) is 3.92. The number of aromatic nitrogens is 2. The first kappa shape index (κ1) is 15.2. The van der Waals surface area contributed by atoms with Gasteiger partial charge >= 0.3 is 0 Å². The summed E-state index contributed by atoms with van der Waals surface area (Å²) < 4.78 is 0.791. The molecule has 0 aliphatic carbocycles. The average Bonchev–Trinajstić information content (AvgIpc) is 2.56. The lowest BCUT2D eigenvalue weighted by Crippen LogP contribution is -2.10. The molecule has 6 heteroatoms. The van der Waals surface area contributed by atoms with Gasteiger partial charge in [-0.15, -0.1) is 0 Å². The van der Waals surface area contributed by atoms with Crippen LogP contribution >= 0.6 is 15.9 Å². The van der Waals surface area contributed by atoms with Crippen molar-refractivity contribution in [2.45, 2.75) is 0 Å². The predicted octanol–water partition coefficient (Wildman–Crippen LogP) is 3.76. The van der Waals surface area contributed by atoms with Crippen molar-refractivity contribution in [3.05, 3.63) is 75.0 Å². The number of fused-ring (bicyclic) bond motifs is 1. The van der Waals surface area contributed by atoms with Crippen molar-refractivity contribution in [2.75, 3.05) is 5.43 Å². The second-order valence-electron chi connectivity index (χ2n) is 4.74. The maximum absolute atomic E-state index is 11.9. The van der Waals surface area contributed by atoms with E-state index >= 15 is 0 Å². The number of hydrogen-bond acceptors (Lipinski definition) is 4. The van der Waals surface area contributed by atoms with Crippen LogP contribution in [-0.4, -0.2) is 16.2 Å². The first-order valence-corrected chi connectivity index (χ1v) is 7.72. The molecular formula is C17H13BrN4O. The van der Waals surface area contributed by atoms with Crippen LogP contribution in [0.2, 0.25) is 0 Å². The second kappa shape index (κ2) is 7.02. The van der Waals surface area contributed by atoms with E-state index < -0.39 is 0 Å². The summed E-state index contributed by atoms with van der Waals surface area (Å²) in [4.78, 5) is 18.9. The Kier molecular flexibility index (Phi) is 4.63. The van der Waals surface area contributed by atoms with Gasteiger partial charge in [-0.1, -0.05) is 42.5 Å². The van der Waals surface area contributed by atoms with Gasteiger partial charge in [0.25, 0.3) is 5.56 Å². The first-order valence-electron chi connectivity index (χ1n) is 6.93. The van der Waals surface area contributed by atoms with E-state index in [9.17, 15) is 4.79 Å². The van der Waals surface area contributed by atoms with Gasteiger partial charge in [-0.2, -0.15) is 5.10 Å². The lowest BCUT2D eigenvalue weighted by Gasteiger charge is -2.01. The van der Waals surface area contributed by atoms with Crippen LogP contribution in [0.25, 0.3) is 17.0 Å². The third-order valence-electron chi connectivity index (χ3n) is 3.08. The van der Waals surface area contributed by atoms with Crippen molar-refractivity contribution < 1.29 is 0 Å². The number of halogens is 1. The molecule has 3 aromatic rings. The van der Waals surface area contributed by atoms with Gasteiger partial charge in [0.05, 0.1) is 17.1 Å². The highest BCUT2D eigenvalue weighted by atomic mass is 79.9. The molecule has 1 heterocycles.